The van der Waals surface area contributed by atoms with Gasteiger partial charge in [0.15, 0.2) is 0 Å². The minimum atomic E-state index is -0.610. The summed E-state index contributed by atoms with van der Waals surface area (Å²) in [4.78, 5) is 14.2. The van der Waals surface area contributed by atoms with Crippen LogP contribution in [-0.4, -0.2) is 42.6 Å². The number of hydrogen-bond donors (Lipinski definition) is 1. The van der Waals surface area contributed by atoms with E-state index in [1.807, 2.05) is 13.8 Å². The number of ether oxygens (including phenoxy) is 1. The number of methoxy groups -OCH3 is 1. The first-order valence-electron chi connectivity index (χ1n) is 7.63. The highest BCUT2D eigenvalue weighted by molar-refractivity contribution is 5.79. The van der Waals surface area contributed by atoms with Crippen molar-refractivity contribution in [3.63, 3.8) is 0 Å². The summed E-state index contributed by atoms with van der Waals surface area (Å²) in [6.45, 7) is 6.89. The molecule has 4 heteroatoms. The van der Waals surface area contributed by atoms with Crippen molar-refractivity contribution in [2.24, 2.45) is 0 Å². The van der Waals surface area contributed by atoms with Crippen molar-refractivity contribution < 1.29 is 9.53 Å². The molecule has 0 aromatic heterocycles. The average Bonchev–Trinajstić information content (AvgIpc) is 2.49. The average molecular weight is 290 g/mol. The van der Waals surface area contributed by atoms with E-state index in [0.29, 0.717) is 6.04 Å². The molecule has 0 bridgehead atoms. The Kier molecular flexibility index (Phi) is 5.37. The number of rotatable bonds is 5. The Hall–Kier alpha value is -1.39. The fourth-order valence-corrected chi connectivity index (χ4v) is 2.90. The molecule has 4 nitrogen and oxygen atoms in total. The summed E-state index contributed by atoms with van der Waals surface area (Å²) in [6, 6.07) is 10.9. The van der Waals surface area contributed by atoms with Crippen LogP contribution < -0.4 is 5.32 Å². The van der Waals surface area contributed by atoms with Crippen LogP contribution in [0.15, 0.2) is 30.3 Å². The number of nitrogens with one attached hydrogen (secondary N) is 1. The third kappa shape index (κ3) is 4.55. The SMILES string of the molecule is COC(=O)C(C)(C)NC1CCN(Cc2ccccc2)CC1. The molecule has 2 rings (SSSR count). The summed E-state index contributed by atoms with van der Waals surface area (Å²) >= 11 is 0. The van der Waals surface area contributed by atoms with Crippen LogP contribution in [0.1, 0.15) is 32.3 Å². The molecule has 0 amide bonds. The summed E-state index contributed by atoms with van der Waals surface area (Å²) < 4.78 is 4.84. The van der Waals surface area contributed by atoms with Gasteiger partial charge in [0.05, 0.1) is 7.11 Å². The highest BCUT2D eigenvalue weighted by atomic mass is 16.5. The van der Waals surface area contributed by atoms with E-state index in [9.17, 15) is 4.79 Å². The van der Waals surface area contributed by atoms with Crippen molar-refractivity contribution in [3.05, 3.63) is 35.9 Å². The second-order valence-electron chi connectivity index (χ2n) is 6.30. The third-order valence-electron chi connectivity index (χ3n) is 4.10. The molecule has 0 aliphatic carbocycles. The van der Waals surface area contributed by atoms with Crippen molar-refractivity contribution in [3.8, 4) is 0 Å². The van der Waals surface area contributed by atoms with E-state index in [1.165, 1.54) is 12.7 Å². The lowest BCUT2D eigenvalue weighted by Gasteiger charge is -2.36. The van der Waals surface area contributed by atoms with Gasteiger partial charge in [-0.15, -0.1) is 0 Å². The summed E-state index contributed by atoms with van der Waals surface area (Å²) in [5, 5.41) is 3.43. The monoisotopic (exact) mass is 290 g/mol. The lowest BCUT2D eigenvalue weighted by molar-refractivity contribution is -0.147. The summed E-state index contributed by atoms with van der Waals surface area (Å²) in [6.07, 6.45) is 2.13. The lowest BCUT2D eigenvalue weighted by Crippen LogP contribution is -2.54. The van der Waals surface area contributed by atoms with Gasteiger partial charge in [-0.1, -0.05) is 30.3 Å². The molecule has 1 N–H and O–H groups in total. The molecule has 1 aromatic rings. The van der Waals surface area contributed by atoms with Gasteiger partial charge in [0, 0.05) is 12.6 Å². The number of likely N-dealkylation sites (tertiary alicyclic amines) is 1. The normalized spacial score (nSPS) is 17.7. The van der Waals surface area contributed by atoms with E-state index < -0.39 is 5.54 Å². The van der Waals surface area contributed by atoms with Crippen molar-refractivity contribution in [2.75, 3.05) is 20.2 Å². The first-order chi connectivity index (χ1) is 10.0. The van der Waals surface area contributed by atoms with Crippen molar-refractivity contribution >= 4 is 5.97 Å². The Morgan fingerprint density at radius 1 is 1.29 bits per heavy atom. The van der Waals surface area contributed by atoms with E-state index in [4.69, 9.17) is 4.74 Å². The van der Waals surface area contributed by atoms with E-state index >= 15 is 0 Å². The summed E-state index contributed by atoms with van der Waals surface area (Å²) in [5.41, 5.74) is 0.750. The number of carbonyl (C=O) groups excluding carboxylic acids is 1. The maximum absolute atomic E-state index is 11.7. The van der Waals surface area contributed by atoms with Gasteiger partial charge in [0.2, 0.25) is 0 Å². The Balaban J connectivity index is 1.79. The Morgan fingerprint density at radius 3 is 2.48 bits per heavy atom. The first kappa shape index (κ1) is 16.0. The van der Waals surface area contributed by atoms with Crippen LogP contribution in [0.25, 0.3) is 0 Å². The number of nitrogens with zero attached hydrogens (tertiary/aromatic N) is 1. The zero-order valence-corrected chi connectivity index (χ0v) is 13.3. The fourth-order valence-electron chi connectivity index (χ4n) is 2.90. The first-order valence-corrected chi connectivity index (χ1v) is 7.63. The molecular weight excluding hydrogens is 264 g/mol. The number of esters is 1. The summed E-state index contributed by atoms with van der Waals surface area (Å²) in [7, 11) is 1.44. The maximum atomic E-state index is 11.7. The van der Waals surface area contributed by atoms with Crippen molar-refractivity contribution in [1.82, 2.24) is 10.2 Å². The number of benzene rings is 1. The topological polar surface area (TPSA) is 41.6 Å². The standard InChI is InChI=1S/C17H26N2O2/c1-17(2,16(20)21-3)18-15-9-11-19(12-10-15)13-14-7-5-4-6-8-14/h4-8,15,18H,9-13H2,1-3H3. The Morgan fingerprint density at radius 2 is 1.90 bits per heavy atom. The number of carbonyl (C=O) groups is 1. The van der Waals surface area contributed by atoms with E-state index in [0.717, 1.165) is 32.5 Å². The minimum Gasteiger partial charge on any atom is -0.468 e. The quantitative estimate of drug-likeness (QED) is 0.844. The molecule has 1 aliphatic heterocycles. The van der Waals surface area contributed by atoms with Crippen molar-refractivity contribution in [2.45, 2.75) is 44.8 Å². The largest absolute Gasteiger partial charge is 0.468 e. The molecule has 0 atom stereocenters. The molecule has 116 valence electrons. The second kappa shape index (κ2) is 7.05. The molecule has 1 aliphatic rings. The van der Waals surface area contributed by atoms with Crippen molar-refractivity contribution in [1.29, 1.82) is 0 Å². The number of piperidine rings is 1. The summed E-state index contributed by atoms with van der Waals surface area (Å²) in [5.74, 6) is -0.200. The van der Waals surface area contributed by atoms with E-state index in [-0.39, 0.29) is 5.97 Å². The molecule has 1 aromatic carbocycles. The molecule has 1 heterocycles. The van der Waals surface area contributed by atoms with Crippen LogP contribution in [0.2, 0.25) is 0 Å². The molecule has 0 radical (unpaired) electrons. The van der Waals surface area contributed by atoms with Gasteiger partial charge in [-0.3, -0.25) is 15.0 Å². The fraction of sp³-hybridized carbons (Fsp3) is 0.588. The van der Waals surface area contributed by atoms with Crippen LogP contribution in [0.4, 0.5) is 0 Å². The van der Waals surface area contributed by atoms with Gasteiger partial charge in [0.1, 0.15) is 5.54 Å². The predicted octanol–water partition coefficient (Wildman–Crippen LogP) is 2.19. The van der Waals surface area contributed by atoms with E-state index in [1.54, 1.807) is 0 Å². The molecule has 1 fully saturated rings. The van der Waals surface area contributed by atoms with Gasteiger partial charge in [-0.05, 0) is 45.3 Å². The van der Waals surface area contributed by atoms with Gasteiger partial charge in [-0.25, -0.2) is 0 Å². The van der Waals surface area contributed by atoms with Crippen LogP contribution in [0.3, 0.4) is 0 Å². The van der Waals surface area contributed by atoms with E-state index in [2.05, 4.69) is 40.5 Å². The van der Waals surface area contributed by atoms with Crippen LogP contribution in [0, 0.1) is 0 Å². The predicted molar refractivity (Wildman–Crippen MR) is 84.0 cm³/mol. The molecule has 21 heavy (non-hydrogen) atoms. The number of hydrogen-bond acceptors (Lipinski definition) is 4. The molecule has 0 spiro atoms. The van der Waals surface area contributed by atoms with Gasteiger partial charge in [-0.2, -0.15) is 0 Å². The minimum absolute atomic E-state index is 0.200. The maximum Gasteiger partial charge on any atom is 0.325 e. The lowest BCUT2D eigenvalue weighted by atomic mass is 9.98. The highest BCUT2D eigenvalue weighted by Crippen LogP contribution is 2.17. The van der Waals surface area contributed by atoms with Crippen LogP contribution >= 0.6 is 0 Å². The Bertz CT molecular complexity index is 451. The van der Waals surface area contributed by atoms with Gasteiger partial charge < -0.3 is 4.74 Å². The zero-order chi connectivity index (χ0) is 15.3. The Labute approximate surface area is 127 Å². The van der Waals surface area contributed by atoms with Crippen LogP contribution in [0.5, 0.6) is 0 Å². The molecule has 1 saturated heterocycles. The molecule has 0 saturated carbocycles. The molecule has 0 unspecified atom stereocenters. The smallest absolute Gasteiger partial charge is 0.325 e. The zero-order valence-electron chi connectivity index (χ0n) is 13.3. The molecular formula is C17H26N2O2. The highest BCUT2D eigenvalue weighted by Gasteiger charge is 2.32. The van der Waals surface area contributed by atoms with Gasteiger partial charge in [0.25, 0.3) is 0 Å². The van der Waals surface area contributed by atoms with Gasteiger partial charge >= 0.3 is 5.97 Å². The third-order valence-corrected chi connectivity index (χ3v) is 4.10. The van der Waals surface area contributed by atoms with Crippen LogP contribution in [-0.2, 0) is 16.1 Å². The second-order valence-corrected chi connectivity index (χ2v) is 6.30.